The Bertz CT molecular complexity index is 574. The first-order valence-electron chi connectivity index (χ1n) is 6.79. The summed E-state index contributed by atoms with van der Waals surface area (Å²) in [6.07, 6.45) is 0. The second-order valence-electron chi connectivity index (χ2n) is 5.14. The summed E-state index contributed by atoms with van der Waals surface area (Å²) in [5, 5.41) is 3.09. The van der Waals surface area contributed by atoms with E-state index in [1.807, 2.05) is 13.8 Å². The summed E-state index contributed by atoms with van der Waals surface area (Å²) in [7, 11) is -2.17. The first-order valence-corrected chi connectivity index (χ1v) is 8.27. The Morgan fingerprint density at radius 2 is 2.00 bits per heavy atom. The number of aryl methyl sites for hydroxylation is 1. The summed E-state index contributed by atoms with van der Waals surface area (Å²) < 4.78 is 45.6. The van der Waals surface area contributed by atoms with Gasteiger partial charge < -0.3 is 10.1 Å². The molecule has 0 unspecified atom stereocenters. The van der Waals surface area contributed by atoms with E-state index in [4.69, 9.17) is 4.74 Å². The number of nitrogens with one attached hydrogen (secondary N) is 2. The molecule has 5 nitrogen and oxygen atoms in total. The molecule has 0 radical (unpaired) electrons. The fourth-order valence-corrected chi connectivity index (χ4v) is 2.91. The van der Waals surface area contributed by atoms with Crippen molar-refractivity contribution in [3.8, 4) is 0 Å². The molecule has 0 aliphatic rings. The van der Waals surface area contributed by atoms with Gasteiger partial charge in [-0.3, -0.25) is 0 Å². The van der Waals surface area contributed by atoms with Gasteiger partial charge in [-0.25, -0.2) is 17.5 Å². The van der Waals surface area contributed by atoms with Crippen molar-refractivity contribution in [3.63, 3.8) is 0 Å². The lowest BCUT2D eigenvalue weighted by molar-refractivity contribution is 0.204. The maximum atomic E-state index is 14.1. The summed E-state index contributed by atoms with van der Waals surface area (Å²) in [5.41, 5.74) is 0.654. The van der Waals surface area contributed by atoms with E-state index in [-0.39, 0.29) is 36.5 Å². The number of hydrogen-bond donors (Lipinski definition) is 2. The van der Waals surface area contributed by atoms with Gasteiger partial charge in [-0.05, 0) is 24.6 Å². The van der Waals surface area contributed by atoms with Crippen LogP contribution in [0.1, 0.15) is 25.0 Å². The van der Waals surface area contributed by atoms with Gasteiger partial charge in [0.15, 0.2) is 0 Å². The van der Waals surface area contributed by atoms with Gasteiger partial charge in [-0.2, -0.15) is 0 Å². The van der Waals surface area contributed by atoms with Crippen molar-refractivity contribution in [2.75, 3.05) is 20.3 Å². The van der Waals surface area contributed by atoms with Gasteiger partial charge in [0.1, 0.15) is 5.82 Å². The van der Waals surface area contributed by atoms with E-state index in [1.165, 1.54) is 19.2 Å². The van der Waals surface area contributed by atoms with Crippen molar-refractivity contribution in [2.45, 2.75) is 38.3 Å². The molecule has 0 bridgehead atoms. The minimum atomic E-state index is -3.66. The van der Waals surface area contributed by atoms with Crippen molar-refractivity contribution >= 4 is 10.0 Å². The monoisotopic (exact) mass is 318 g/mol. The molecule has 0 aliphatic carbocycles. The van der Waals surface area contributed by atoms with Crippen molar-refractivity contribution in [1.82, 2.24) is 10.0 Å². The molecule has 0 aromatic heterocycles. The van der Waals surface area contributed by atoms with Gasteiger partial charge >= 0.3 is 0 Å². The molecule has 0 amide bonds. The van der Waals surface area contributed by atoms with Crippen LogP contribution in [0.15, 0.2) is 17.0 Å². The lowest BCUT2D eigenvalue weighted by Crippen LogP contribution is -2.28. The summed E-state index contributed by atoms with van der Waals surface area (Å²) in [5.74, 6) is -0.376. The SMILES string of the molecule is COCCNS(=O)(=O)c1cc(C)c(F)c(CNC(C)C)c1. The van der Waals surface area contributed by atoms with Crippen LogP contribution >= 0.6 is 0 Å². The Labute approximate surface area is 125 Å². The number of benzene rings is 1. The number of methoxy groups -OCH3 is 1. The summed E-state index contributed by atoms with van der Waals surface area (Å²) >= 11 is 0. The maximum absolute atomic E-state index is 14.1. The fraction of sp³-hybridized carbons (Fsp3) is 0.571. The molecule has 0 saturated carbocycles. The van der Waals surface area contributed by atoms with E-state index in [0.717, 1.165) is 0 Å². The van der Waals surface area contributed by atoms with E-state index >= 15 is 0 Å². The van der Waals surface area contributed by atoms with Gasteiger partial charge in [-0.1, -0.05) is 13.8 Å². The highest BCUT2D eigenvalue weighted by Gasteiger charge is 2.18. The molecular weight excluding hydrogens is 295 g/mol. The van der Waals surface area contributed by atoms with E-state index in [0.29, 0.717) is 11.1 Å². The Morgan fingerprint density at radius 1 is 1.33 bits per heavy atom. The molecule has 0 spiro atoms. The largest absolute Gasteiger partial charge is 0.383 e. The van der Waals surface area contributed by atoms with Crippen molar-refractivity contribution < 1.29 is 17.5 Å². The van der Waals surface area contributed by atoms with Crippen molar-refractivity contribution in [3.05, 3.63) is 29.1 Å². The van der Waals surface area contributed by atoms with E-state index in [2.05, 4.69) is 10.0 Å². The molecular formula is C14H23FN2O3S. The Kier molecular flexibility index (Phi) is 6.73. The topological polar surface area (TPSA) is 67.4 Å². The minimum absolute atomic E-state index is 0.0676. The summed E-state index contributed by atoms with van der Waals surface area (Å²) in [6, 6.07) is 2.89. The highest BCUT2D eigenvalue weighted by Crippen LogP contribution is 2.19. The molecule has 1 aromatic rings. The molecule has 0 atom stereocenters. The lowest BCUT2D eigenvalue weighted by atomic mass is 10.1. The number of ether oxygens (including phenoxy) is 1. The van der Waals surface area contributed by atoms with Gasteiger partial charge in [0.05, 0.1) is 11.5 Å². The number of hydrogen-bond acceptors (Lipinski definition) is 4. The molecule has 2 N–H and O–H groups in total. The molecule has 0 saturated heterocycles. The van der Waals surface area contributed by atoms with Crippen LogP contribution in [0.2, 0.25) is 0 Å². The van der Waals surface area contributed by atoms with Gasteiger partial charge in [0.25, 0.3) is 0 Å². The molecule has 0 fully saturated rings. The van der Waals surface area contributed by atoms with Crippen LogP contribution in [0.3, 0.4) is 0 Å². The van der Waals surface area contributed by atoms with E-state index in [9.17, 15) is 12.8 Å². The molecule has 1 aromatic carbocycles. The Hall–Kier alpha value is -1.02. The predicted molar refractivity (Wildman–Crippen MR) is 80.2 cm³/mol. The third-order valence-corrected chi connectivity index (χ3v) is 4.35. The first-order chi connectivity index (χ1) is 9.77. The normalized spacial score (nSPS) is 12.1. The Morgan fingerprint density at radius 3 is 2.57 bits per heavy atom. The standard InChI is InChI=1S/C14H23FN2O3S/c1-10(2)16-9-12-8-13(7-11(3)14(12)15)21(18,19)17-5-6-20-4/h7-8,10,16-17H,5-6,9H2,1-4H3. The second kappa shape index (κ2) is 7.84. The molecule has 7 heteroatoms. The zero-order valence-electron chi connectivity index (χ0n) is 12.9. The lowest BCUT2D eigenvalue weighted by Gasteiger charge is -2.13. The maximum Gasteiger partial charge on any atom is 0.240 e. The minimum Gasteiger partial charge on any atom is -0.383 e. The summed E-state index contributed by atoms with van der Waals surface area (Å²) in [4.78, 5) is 0.0676. The zero-order chi connectivity index (χ0) is 16.0. The quantitative estimate of drug-likeness (QED) is 0.714. The third kappa shape index (κ3) is 5.35. The predicted octanol–water partition coefficient (Wildman–Crippen LogP) is 1.56. The van der Waals surface area contributed by atoms with E-state index < -0.39 is 10.0 Å². The highest BCUT2D eigenvalue weighted by atomic mass is 32.2. The van der Waals surface area contributed by atoms with Crippen LogP contribution in [-0.4, -0.2) is 34.7 Å². The molecule has 1 rings (SSSR count). The molecule has 0 aliphatic heterocycles. The Balaban J connectivity index is 3.02. The van der Waals surface area contributed by atoms with Gasteiger partial charge in [-0.15, -0.1) is 0 Å². The van der Waals surface area contributed by atoms with Crippen LogP contribution in [0.25, 0.3) is 0 Å². The fourth-order valence-electron chi connectivity index (χ4n) is 1.77. The third-order valence-electron chi connectivity index (χ3n) is 2.91. The van der Waals surface area contributed by atoms with Gasteiger partial charge in [0, 0.05) is 31.8 Å². The molecule has 120 valence electrons. The molecule has 0 heterocycles. The smallest absolute Gasteiger partial charge is 0.240 e. The van der Waals surface area contributed by atoms with Crippen LogP contribution in [0.5, 0.6) is 0 Å². The second-order valence-corrected chi connectivity index (χ2v) is 6.91. The number of sulfonamides is 1. The van der Waals surface area contributed by atoms with Crippen LogP contribution < -0.4 is 10.0 Å². The van der Waals surface area contributed by atoms with Crippen molar-refractivity contribution in [1.29, 1.82) is 0 Å². The van der Waals surface area contributed by atoms with E-state index in [1.54, 1.807) is 6.92 Å². The van der Waals surface area contributed by atoms with Crippen molar-refractivity contribution in [2.24, 2.45) is 0 Å². The number of rotatable bonds is 8. The summed E-state index contributed by atoms with van der Waals surface area (Å²) in [6.45, 7) is 6.18. The van der Waals surface area contributed by atoms with Crippen LogP contribution in [0.4, 0.5) is 4.39 Å². The highest BCUT2D eigenvalue weighted by molar-refractivity contribution is 7.89. The average Bonchev–Trinajstić information content (AvgIpc) is 2.40. The zero-order valence-corrected chi connectivity index (χ0v) is 13.7. The first kappa shape index (κ1) is 18.0. The van der Waals surface area contributed by atoms with Crippen LogP contribution in [-0.2, 0) is 21.3 Å². The number of halogens is 1. The molecule has 21 heavy (non-hydrogen) atoms. The average molecular weight is 318 g/mol. The van der Waals surface area contributed by atoms with Gasteiger partial charge in [0.2, 0.25) is 10.0 Å². The van der Waals surface area contributed by atoms with Crippen LogP contribution in [0, 0.1) is 12.7 Å².